The molecule has 0 spiro atoms. The average molecular weight is 358 g/mol. The van der Waals surface area contributed by atoms with Crippen LogP contribution in [-0.4, -0.2) is 46.0 Å². The average Bonchev–Trinajstić information content (AvgIpc) is 3.31. The summed E-state index contributed by atoms with van der Waals surface area (Å²) in [5, 5.41) is 3.35. The van der Waals surface area contributed by atoms with Gasteiger partial charge in [0.15, 0.2) is 11.7 Å². The summed E-state index contributed by atoms with van der Waals surface area (Å²) in [7, 11) is 0. The number of amides is 1. The van der Waals surface area contributed by atoms with Gasteiger partial charge in [0.2, 0.25) is 0 Å². The number of furan rings is 1. The van der Waals surface area contributed by atoms with Crippen LogP contribution in [0, 0.1) is 5.92 Å². The molecule has 2 unspecified atom stereocenters. The summed E-state index contributed by atoms with van der Waals surface area (Å²) < 4.78 is 7.59. The van der Waals surface area contributed by atoms with Gasteiger partial charge in [-0.15, -0.1) is 0 Å². The number of carbonyl (C=O) groups excluding carboxylic acids is 1. The second kappa shape index (κ2) is 8.07. The zero-order valence-electron chi connectivity index (χ0n) is 15.3. The lowest BCUT2D eigenvalue weighted by molar-refractivity contribution is 0.0972. The number of hydrogen-bond acceptors (Lipinski definition) is 4. The SMILES string of the molecule is CCNC(=NCc1ccc(C(N)=O)o1)N1CCC(C)C(n2ccnc2)C1. The van der Waals surface area contributed by atoms with Crippen LogP contribution in [0.3, 0.4) is 0 Å². The van der Waals surface area contributed by atoms with Gasteiger partial charge in [-0.1, -0.05) is 6.92 Å². The van der Waals surface area contributed by atoms with E-state index in [1.54, 1.807) is 12.1 Å². The molecule has 1 fully saturated rings. The smallest absolute Gasteiger partial charge is 0.284 e. The van der Waals surface area contributed by atoms with Gasteiger partial charge in [0, 0.05) is 32.0 Å². The van der Waals surface area contributed by atoms with Crippen molar-refractivity contribution < 1.29 is 9.21 Å². The summed E-state index contributed by atoms with van der Waals surface area (Å²) in [4.78, 5) is 22.3. The summed E-state index contributed by atoms with van der Waals surface area (Å²) in [5.41, 5.74) is 5.23. The van der Waals surface area contributed by atoms with Crippen molar-refractivity contribution in [1.29, 1.82) is 0 Å². The monoisotopic (exact) mass is 358 g/mol. The molecule has 2 aromatic heterocycles. The Balaban J connectivity index is 1.72. The van der Waals surface area contributed by atoms with Crippen molar-refractivity contribution in [1.82, 2.24) is 19.8 Å². The van der Waals surface area contributed by atoms with Crippen LogP contribution in [0.15, 0.2) is 40.3 Å². The van der Waals surface area contributed by atoms with E-state index in [-0.39, 0.29) is 5.76 Å². The predicted octanol–water partition coefficient (Wildman–Crippen LogP) is 1.62. The van der Waals surface area contributed by atoms with Gasteiger partial charge in [0.05, 0.1) is 12.4 Å². The highest BCUT2D eigenvalue weighted by Gasteiger charge is 2.28. The molecule has 0 radical (unpaired) electrons. The minimum absolute atomic E-state index is 0.159. The Morgan fingerprint density at radius 1 is 1.50 bits per heavy atom. The molecule has 0 aromatic carbocycles. The van der Waals surface area contributed by atoms with E-state index in [4.69, 9.17) is 10.2 Å². The highest BCUT2D eigenvalue weighted by Crippen LogP contribution is 2.27. The first-order valence-corrected chi connectivity index (χ1v) is 8.97. The third-order valence-electron chi connectivity index (χ3n) is 4.75. The molecule has 1 amide bonds. The van der Waals surface area contributed by atoms with E-state index in [9.17, 15) is 4.79 Å². The summed E-state index contributed by atoms with van der Waals surface area (Å²) >= 11 is 0. The molecule has 140 valence electrons. The number of primary amides is 1. The highest BCUT2D eigenvalue weighted by molar-refractivity contribution is 5.89. The molecule has 0 aliphatic carbocycles. The standard InChI is InChI=1S/C18H26N6O2/c1-3-21-18(22-10-14-4-5-16(26-14)17(19)25)23-8-6-13(2)15(11-23)24-9-7-20-12-24/h4-5,7,9,12-13,15H,3,6,8,10-11H2,1-2H3,(H2,19,25)(H,21,22). The lowest BCUT2D eigenvalue weighted by Crippen LogP contribution is -2.49. The van der Waals surface area contributed by atoms with Crippen molar-refractivity contribution in [3.8, 4) is 0 Å². The first-order chi connectivity index (χ1) is 12.6. The van der Waals surface area contributed by atoms with Gasteiger partial charge in [0.25, 0.3) is 5.91 Å². The number of nitrogens with one attached hydrogen (secondary N) is 1. The molecule has 2 atom stereocenters. The molecule has 1 aliphatic heterocycles. The Kier molecular flexibility index (Phi) is 5.60. The lowest BCUT2D eigenvalue weighted by atomic mass is 9.93. The number of nitrogens with zero attached hydrogens (tertiary/aromatic N) is 4. The van der Waals surface area contributed by atoms with E-state index in [1.807, 2.05) is 25.6 Å². The van der Waals surface area contributed by atoms with Crippen LogP contribution < -0.4 is 11.1 Å². The first kappa shape index (κ1) is 18.0. The van der Waals surface area contributed by atoms with Gasteiger partial charge >= 0.3 is 0 Å². The predicted molar refractivity (Wildman–Crippen MR) is 98.7 cm³/mol. The van der Waals surface area contributed by atoms with Crippen LogP contribution in [0.4, 0.5) is 0 Å². The first-order valence-electron chi connectivity index (χ1n) is 8.97. The van der Waals surface area contributed by atoms with Gasteiger partial charge in [-0.25, -0.2) is 9.98 Å². The number of hydrogen-bond donors (Lipinski definition) is 2. The summed E-state index contributed by atoms with van der Waals surface area (Å²) in [5.74, 6) is 1.63. The Bertz CT molecular complexity index is 752. The number of aliphatic imine (C=N–C) groups is 1. The molecule has 1 aliphatic rings. The zero-order valence-corrected chi connectivity index (χ0v) is 15.3. The fourth-order valence-corrected chi connectivity index (χ4v) is 3.27. The maximum atomic E-state index is 11.1. The lowest BCUT2D eigenvalue weighted by Gasteiger charge is -2.39. The second-order valence-corrected chi connectivity index (χ2v) is 6.59. The van der Waals surface area contributed by atoms with Crippen LogP contribution in [0.1, 0.15) is 42.6 Å². The fourth-order valence-electron chi connectivity index (χ4n) is 3.27. The molecule has 2 aromatic rings. The number of carbonyl (C=O) groups is 1. The van der Waals surface area contributed by atoms with Crippen molar-refractivity contribution >= 4 is 11.9 Å². The quantitative estimate of drug-likeness (QED) is 0.625. The van der Waals surface area contributed by atoms with E-state index in [0.717, 1.165) is 32.0 Å². The van der Waals surface area contributed by atoms with E-state index in [2.05, 4.69) is 31.7 Å². The molecule has 3 N–H and O–H groups in total. The molecular weight excluding hydrogens is 332 g/mol. The van der Waals surface area contributed by atoms with Crippen molar-refractivity contribution in [3.05, 3.63) is 42.4 Å². The molecule has 0 saturated carbocycles. The van der Waals surface area contributed by atoms with Crippen molar-refractivity contribution in [3.63, 3.8) is 0 Å². The molecule has 8 nitrogen and oxygen atoms in total. The van der Waals surface area contributed by atoms with Gasteiger partial charge < -0.3 is 24.9 Å². The zero-order chi connectivity index (χ0) is 18.5. The van der Waals surface area contributed by atoms with Gasteiger partial charge in [-0.05, 0) is 31.4 Å². The third kappa shape index (κ3) is 4.07. The van der Waals surface area contributed by atoms with Crippen LogP contribution in [0.2, 0.25) is 0 Å². The van der Waals surface area contributed by atoms with Gasteiger partial charge in [0.1, 0.15) is 12.3 Å². The maximum Gasteiger partial charge on any atom is 0.284 e. The second-order valence-electron chi connectivity index (χ2n) is 6.59. The molecule has 8 heteroatoms. The van der Waals surface area contributed by atoms with E-state index < -0.39 is 5.91 Å². The maximum absolute atomic E-state index is 11.1. The van der Waals surface area contributed by atoms with Crippen LogP contribution in [0.25, 0.3) is 0 Å². The fraction of sp³-hybridized carbons (Fsp3) is 0.500. The Morgan fingerprint density at radius 2 is 2.35 bits per heavy atom. The topological polar surface area (TPSA) is 102 Å². The Morgan fingerprint density at radius 3 is 3.00 bits per heavy atom. The highest BCUT2D eigenvalue weighted by atomic mass is 16.3. The van der Waals surface area contributed by atoms with Gasteiger partial charge in [-0.2, -0.15) is 0 Å². The summed E-state index contributed by atoms with van der Waals surface area (Å²) in [6.45, 7) is 7.29. The van der Waals surface area contributed by atoms with Crippen LogP contribution in [-0.2, 0) is 6.54 Å². The number of likely N-dealkylation sites (tertiary alicyclic amines) is 1. The summed E-state index contributed by atoms with van der Waals surface area (Å²) in [6.07, 6.45) is 6.80. The van der Waals surface area contributed by atoms with Gasteiger partial charge in [-0.3, -0.25) is 4.79 Å². The van der Waals surface area contributed by atoms with Crippen molar-refractivity contribution in [2.45, 2.75) is 32.9 Å². The van der Waals surface area contributed by atoms with Crippen LogP contribution >= 0.6 is 0 Å². The number of imidazole rings is 1. The third-order valence-corrected chi connectivity index (χ3v) is 4.75. The largest absolute Gasteiger partial charge is 0.454 e. The van der Waals surface area contributed by atoms with E-state index >= 15 is 0 Å². The molecular formula is C18H26N6O2. The minimum atomic E-state index is -0.569. The summed E-state index contributed by atoms with van der Waals surface area (Å²) in [6, 6.07) is 3.68. The molecule has 3 rings (SSSR count). The number of rotatable bonds is 5. The van der Waals surface area contributed by atoms with Crippen molar-refractivity contribution in [2.24, 2.45) is 16.6 Å². The minimum Gasteiger partial charge on any atom is -0.454 e. The number of aromatic nitrogens is 2. The number of guanidine groups is 1. The number of nitrogens with two attached hydrogens (primary N) is 1. The molecule has 0 bridgehead atoms. The van der Waals surface area contributed by atoms with E-state index in [0.29, 0.717) is 24.3 Å². The normalized spacial score (nSPS) is 21.0. The van der Waals surface area contributed by atoms with Crippen molar-refractivity contribution in [2.75, 3.05) is 19.6 Å². The van der Waals surface area contributed by atoms with Crippen LogP contribution in [0.5, 0.6) is 0 Å². The molecule has 1 saturated heterocycles. The Labute approximate surface area is 153 Å². The number of piperidine rings is 1. The molecule has 26 heavy (non-hydrogen) atoms. The molecule has 3 heterocycles. The Hall–Kier alpha value is -2.77. The van der Waals surface area contributed by atoms with E-state index in [1.165, 1.54) is 0 Å².